The van der Waals surface area contributed by atoms with Gasteiger partial charge in [-0.1, -0.05) is 54.6 Å². The maximum atomic E-state index is 14.2. The summed E-state index contributed by atoms with van der Waals surface area (Å²) in [7, 11) is 0. The Labute approximate surface area is 164 Å². The molecule has 3 nitrogen and oxygen atoms in total. The minimum atomic E-state index is -0.532. The maximum Gasteiger partial charge on any atom is 0.261 e. The normalized spacial score (nSPS) is 10.8. The molecule has 1 amide bonds. The summed E-state index contributed by atoms with van der Waals surface area (Å²) in [5.41, 5.74) is 1.76. The topological polar surface area (TPSA) is 29.5 Å². The summed E-state index contributed by atoms with van der Waals surface area (Å²) in [6.45, 7) is 2.80. The summed E-state index contributed by atoms with van der Waals surface area (Å²) in [5.74, 6) is -0.195. The van der Waals surface area contributed by atoms with E-state index in [-0.39, 0.29) is 11.5 Å². The highest BCUT2D eigenvalue weighted by molar-refractivity contribution is 6.06. The van der Waals surface area contributed by atoms with Gasteiger partial charge in [-0.2, -0.15) is 0 Å². The molecule has 0 aliphatic heterocycles. The van der Waals surface area contributed by atoms with E-state index in [4.69, 9.17) is 4.74 Å². The van der Waals surface area contributed by atoms with Crippen LogP contribution in [-0.2, 0) is 0 Å². The van der Waals surface area contributed by atoms with Crippen LogP contribution < -0.4 is 9.64 Å². The zero-order valence-electron chi connectivity index (χ0n) is 15.7. The lowest BCUT2D eigenvalue weighted by molar-refractivity contribution is 0.0986. The molecule has 3 aromatic carbocycles. The maximum absolute atomic E-state index is 14.2. The van der Waals surface area contributed by atoms with Crippen molar-refractivity contribution in [2.24, 2.45) is 0 Å². The van der Waals surface area contributed by atoms with Crippen molar-refractivity contribution < 1.29 is 13.9 Å². The van der Waals surface area contributed by atoms with Gasteiger partial charge in [0, 0.05) is 12.2 Å². The van der Waals surface area contributed by atoms with Crippen molar-refractivity contribution in [1.82, 2.24) is 0 Å². The fourth-order valence-corrected chi connectivity index (χ4v) is 2.83. The van der Waals surface area contributed by atoms with Crippen LogP contribution in [0.2, 0.25) is 0 Å². The Kier molecular flexibility index (Phi) is 6.58. The van der Waals surface area contributed by atoms with Crippen LogP contribution in [-0.4, -0.2) is 19.1 Å². The number of hydrogen-bond acceptors (Lipinski definition) is 2. The SMILES string of the molecule is CCOc1ccc(N(C/C=C/c2ccccc2)C(=O)c2ccccc2F)cc1. The third kappa shape index (κ3) is 4.86. The lowest BCUT2D eigenvalue weighted by atomic mass is 10.1. The van der Waals surface area contributed by atoms with Gasteiger partial charge in [0.1, 0.15) is 11.6 Å². The number of benzene rings is 3. The average Bonchev–Trinajstić information content (AvgIpc) is 2.73. The van der Waals surface area contributed by atoms with E-state index in [2.05, 4.69) is 0 Å². The smallest absolute Gasteiger partial charge is 0.261 e. The number of ether oxygens (including phenoxy) is 1. The van der Waals surface area contributed by atoms with E-state index in [1.807, 2.05) is 49.4 Å². The van der Waals surface area contributed by atoms with Gasteiger partial charge in [-0.25, -0.2) is 4.39 Å². The minimum Gasteiger partial charge on any atom is -0.494 e. The molecule has 0 aliphatic rings. The van der Waals surface area contributed by atoms with Gasteiger partial charge in [-0.05, 0) is 48.9 Å². The van der Waals surface area contributed by atoms with Crippen LogP contribution in [0.3, 0.4) is 0 Å². The van der Waals surface area contributed by atoms with Crippen LogP contribution in [0.15, 0.2) is 84.9 Å². The third-order valence-corrected chi connectivity index (χ3v) is 4.21. The van der Waals surface area contributed by atoms with Crippen molar-refractivity contribution in [3.63, 3.8) is 0 Å². The van der Waals surface area contributed by atoms with Crippen LogP contribution in [0.25, 0.3) is 6.08 Å². The summed E-state index contributed by atoms with van der Waals surface area (Å²) in [6.07, 6.45) is 3.83. The molecule has 0 bridgehead atoms. The van der Waals surface area contributed by atoms with Crippen molar-refractivity contribution >= 4 is 17.7 Å². The lowest BCUT2D eigenvalue weighted by Gasteiger charge is -2.22. The largest absolute Gasteiger partial charge is 0.494 e. The van der Waals surface area contributed by atoms with E-state index < -0.39 is 5.82 Å². The van der Waals surface area contributed by atoms with Crippen molar-refractivity contribution in [3.05, 3.63) is 102 Å². The first-order chi connectivity index (χ1) is 13.7. The molecule has 0 saturated carbocycles. The number of halogens is 1. The molecule has 0 spiro atoms. The lowest BCUT2D eigenvalue weighted by Crippen LogP contribution is -2.31. The van der Waals surface area contributed by atoms with Crippen molar-refractivity contribution in [2.45, 2.75) is 6.92 Å². The molecule has 0 aromatic heterocycles. The molecular formula is C24H22FNO2. The number of anilines is 1. The molecule has 0 radical (unpaired) electrons. The molecule has 0 heterocycles. The summed E-state index contributed by atoms with van der Waals surface area (Å²) in [6, 6.07) is 23.1. The molecular weight excluding hydrogens is 353 g/mol. The van der Waals surface area contributed by atoms with Crippen LogP contribution in [0.5, 0.6) is 5.75 Å². The molecule has 4 heteroatoms. The number of hydrogen-bond donors (Lipinski definition) is 0. The Morgan fingerprint density at radius 2 is 1.64 bits per heavy atom. The molecule has 3 aromatic rings. The zero-order valence-corrected chi connectivity index (χ0v) is 15.7. The summed E-state index contributed by atoms with van der Waals surface area (Å²) >= 11 is 0. The Hall–Kier alpha value is -3.40. The number of nitrogens with zero attached hydrogens (tertiary/aromatic N) is 1. The van der Waals surface area contributed by atoms with Crippen LogP contribution in [0, 0.1) is 5.82 Å². The monoisotopic (exact) mass is 375 g/mol. The molecule has 0 saturated heterocycles. The number of amides is 1. The highest BCUT2D eigenvalue weighted by atomic mass is 19.1. The predicted octanol–water partition coefficient (Wildman–Crippen LogP) is 5.58. The van der Waals surface area contributed by atoms with Crippen molar-refractivity contribution in [1.29, 1.82) is 0 Å². The van der Waals surface area contributed by atoms with Crippen molar-refractivity contribution in [2.75, 3.05) is 18.1 Å². The van der Waals surface area contributed by atoms with E-state index in [1.54, 1.807) is 41.3 Å². The van der Waals surface area contributed by atoms with Crippen molar-refractivity contribution in [3.8, 4) is 5.75 Å². The number of carbonyl (C=O) groups excluding carboxylic acids is 1. The molecule has 28 heavy (non-hydrogen) atoms. The molecule has 3 rings (SSSR count). The van der Waals surface area contributed by atoms with E-state index in [9.17, 15) is 9.18 Å². The van der Waals surface area contributed by atoms with Gasteiger partial charge in [-0.15, -0.1) is 0 Å². The number of rotatable bonds is 7. The second kappa shape index (κ2) is 9.51. The second-order valence-electron chi connectivity index (χ2n) is 6.14. The molecule has 142 valence electrons. The quantitative estimate of drug-likeness (QED) is 0.539. The van der Waals surface area contributed by atoms with Crippen LogP contribution in [0.4, 0.5) is 10.1 Å². The first-order valence-electron chi connectivity index (χ1n) is 9.20. The van der Waals surface area contributed by atoms with Crippen LogP contribution in [0.1, 0.15) is 22.8 Å². The van der Waals surface area contributed by atoms with Gasteiger partial charge in [-0.3, -0.25) is 4.79 Å². The molecule has 0 fully saturated rings. The van der Waals surface area contributed by atoms with E-state index in [1.165, 1.54) is 12.1 Å². The Bertz CT molecular complexity index is 936. The van der Waals surface area contributed by atoms with Crippen LogP contribution >= 0.6 is 0 Å². The summed E-state index contributed by atoms with van der Waals surface area (Å²) in [5, 5.41) is 0. The fourth-order valence-electron chi connectivity index (χ4n) is 2.83. The first kappa shape index (κ1) is 19.4. The van der Waals surface area contributed by atoms with Gasteiger partial charge in [0.2, 0.25) is 0 Å². The Morgan fingerprint density at radius 3 is 2.32 bits per heavy atom. The minimum absolute atomic E-state index is 0.0458. The van der Waals surface area contributed by atoms with E-state index >= 15 is 0 Å². The first-order valence-corrected chi connectivity index (χ1v) is 9.20. The third-order valence-electron chi connectivity index (χ3n) is 4.21. The van der Waals surface area contributed by atoms with Gasteiger partial charge in [0.15, 0.2) is 0 Å². The molecule has 0 N–H and O–H groups in total. The summed E-state index contributed by atoms with van der Waals surface area (Å²) < 4.78 is 19.6. The fraction of sp³-hybridized carbons (Fsp3) is 0.125. The molecule has 0 atom stereocenters. The average molecular weight is 375 g/mol. The highest BCUT2D eigenvalue weighted by Gasteiger charge is 2.19. The Morgan fingerprint density at radius 1 is 0.964 bits per heavy atom. The number of carbonyl (C=O) groups is 1. The highest BCUT2D eigenvalue weighted by Crippen LogP contribution is 2.22. The van der Waals surface area contributed by atoms with Gasteiger partial charge in [0.05, 0.1) is 12.2 Å². The van der Waals surface area contributed by atoms with E-state index in [0.29, 0.717) is 18.8 Å². The summed E-state index contributed by atoms with van der Waals surface area (Å²) in [4.78, 5) is 14.6. The Balaban J connectivity index is 1.88. The van der Waals surface area contributed by atoms with E-state index in [0.717, 1.165) is 11.3 Å². The zero-order chi connectivity index (χ0) is 19.8. The molecule has 0 unspecified atom stereocenters. The van der Waals surface area contributed by atoms with Gasteiger partial charge < -0.3 is 9.64 Å². The standard InChI is InChI=1S/C24H22FNO2/c1-2-28-21-16-14-20(15-17-21)26(18-8-11-19-9-4-3-5-10-19)24(27)22-12-6-7-13-23(22)25/h3-17H,2,18H2,1H3/b11-8+. The molecule has 0 aliphatic carbocycles. The predicted molar refractivity (Wildman–Crippen MR) is 111 cm³/mol. The second-order valence-corrected chi connectivity index (χ2v) is 6.14. The van der Waals surface area contributed by atoms with Gasteiger partial charge >= 0.3 is 0 Å². The van der Waals surface area contributed by atoms with Gasteiger partial charge in [0.25, 0.3) is 5.91 Å².